The van der Waals surface area contributed by atoms with E-state index in [1.807, 2.05) is 30.3 Å². The average molecular weight is 450 g/mol. The van der Waals surface area contributed by atoms with Crippen LogP contribution < -0.4 is 14.2 Å². The van der Waals surface area contributed by atoms with Crippen molar-refractivity contribution in [3.8, 4) is 11.5 Å². The first-order chi connectivity index (χ1) is 14.6. The molecule has 3 rings (SSSR count). The molecule has 31 heavy (non-hydrogen) atoms. The fourth-order valence-electron chi connectivity index (χ4n) is 3.46. The van der Waals surface area contributed by atoms with Crippen LogP contribution in [0.5, 0.6) is 11.5 Å². The number of esters is 1. The van der Waals surface area contributed by atoms with Crippen molar-refractivity contribution in [3.63, 3.8) is 0 Å². The zero-order valence-corrected chi connectivity index (χ0v) is 18.5. The summed E-state index contributed by atoms with van der Waals surface area (Å²) in [4.78, 5) is 11.3. The SMILES string of the molecule is COC(=O)CNS(=O)(=O)C[C@@H]1c2cc(OCc3ccccc3)ccc2OC(C)(C)[C@H]1O. The van der Waals surface area contributed by atoms with Crippen LogP contribution in [0.2, 0.25) is 0 Å². The Bertz CT molecular complexity index is 1020. The quantitative estimate of drug-likeness (QED) is 0.593. The third-order valence-corrected chi connectivity index (χ3v) is 6.54. The van der Waals surface area contributed by atoms with E-state index in [4.69, 9.17) is 9.47 Å². The lowest BCUT2D eigenvalue weighted by atomic mass is 9.82. The highest BCUT2D eigenvalue weighted by molar-refractivity contribution is 7.89. The number of aliphatic hydroxyl groups excluding tert-OH is 1. The molecule has 1 aliphatic heterocycles. The molecule has 168 valence electrons. The van der Waals surface area contributed by atoms with Crippen LogP contribution in [-0.2, 0) is 26.2 Å². The molecule has 0 unspecified atom stereocenters. The number of nitrogens with one attached hydrogen (secondary N) is 1. The van der Waals surface area contributed by atoms with Gasteiger partial charge in [0, 0.05) is 11.5 Å². The van der Waals surface area contributed by atoms with Crippen LogP contribution in [0.3, 0.4) is 0 Å². The van der Waals surface area contributed by atoms with Gasteiger partial charge in [0.1, 0.15) is 36.4 Å². The molecule has 2 aromatic carbocycles. The second-order valence-electron chi connectivity index (χ2n) is 7.91. The molecule has 8 nitrogen and oxygen atoms in total. The summed E-state index contributed by atoms with van der Waals surface area (Å²) < 4.78 is 43.6. The standard InChI is InChI=1S/C22H27NO7S/c1-22(2)21(25)18(14-31(26,27)23-12-20(24)28-3)17-11-16(9-10-19(17)30-22)29-13-15-7-5-4-6-8-15/h4-11,18,21,23,25H,12-14H2,1-3H3/t18-,21+/m1/s1. The van der Waals surface area contributed by atoms with Gasteiger partial charge in [-0.1, -0.05) is 30.3 Å². The van der Waals surface area contributed by atoms with E-state index >= 15 is 0 Å². The maximum Gasteiger partial charge on any atom is 0.320 e. The van der Waals surface area contributed by atoms with E-state index < -0.39 is 45.9 Å². The van der Waals surface area contributed by atoms with Crippen molar-refractivity contribution >= 4 is 16.0 Å². The lowest BCUT2D eigenvalue weighted by Gasteiger charge is -2.42. The Morgan fingerprint density at radius 2 is 1.90 bits per heavy atom. The van der Waals surface area contributed by atoms with Crippen LogP contribution in [0.15, 0.2) is 48.5 Å². The van der Waals surface area contributed by atoms with Crippen molar-refractivity contribution in [1.82, 2.24) is 4.72 Å². The summed E-state index contributed by atoms with van der Waals surface area (Å²) in [6, 6.07) is 14.8. The highest BCUT2D eigenvalue weighted by Gasteiger charge is 2.44. The van der Waals surface area contributed by atoms with Crippen molar-refractivity contribution in [1.29, 1.82) is 0 Å². The van der Waals surface area contributed by atoms with E-state index in [9.17, 15) is 18.3 Å². The zero-order valence-electron chi connectivity index (χ0n) is 17.7. The van der Waals surface area contributed by atoms with Gasteiger partial charge in [-0.15, -0.1) is 0 Å². The molecule has 0 aromatic heterocycles. The Morgan fingerprint density at radius 1 is 1.19 bits per heavy atom. The summed E-state index contributed by atoms with van der Waals surface area (Å²) in [6.07, 6.45) is -1.10. The number of hydrogen-bond acceptors (Lipinski definition) is 7. The van der Waals surface area contributed by atoms with Crippen LogP contribution in [-0.4, -0.2) is 50.6 Å². The van der Waals surface area contributed by atoms with E-state index in [1.165, 1.54) is 7.11 Å². The number of methoxy groups -OCH3 is 1. The van der Waals surface area contributed by atoms with E-state index in [0.717, 1.165) is 5.56 Å². The molecule has 0 fully saturated rings. The van der Waals surface area contributed by atoms with Crippen molar-refractivity contribution in [2.75, 3.05) is 19.4 Å². The van der Waals surface area contributed by atoms with Gasteiger partial charge in [-0.05, 0) is 37.6 Å². The lowest BCUT2D eigenvalue weighted by Crippen LogP contribution is -2.51. The van der Waals surface area contributed by atoms with Crippen LogP contribution >= 0.6 is 0 Å². The Morgan fingerprint density at radius 3 is 2.58 bits per heavy atom. The van der Waals surface area contributed by atoms with Gasteiger partial charge in [-0.2, -0.15) is 0 Å². The molecule has 1 aliphatic rings. The van der Waals surface area contributed by atoms with Crippen molar-refractivity contribution in [2.24, 2.45) is 0 Å². The maximum atomic E-state index is 12.6. The zero-order chi connectivity index (χ0) is 22.6. The molecular formula is C22H27NO7S. The first-order valence-electron chi connectivity index (χ1n) is 9.83. The number of fused-ring (bicyclic) bond motifs is 1. The van der Waals surface area contributed by atoms with E-state index in [1.54, 1.807) is 32.0 Å². The molecule has 0 saturated carbocycles. The Hall–Kier alpha value is -2.62. The summed E-state index contributed by atoms with van der Waals surface area (Å²) in [5, 5.41) is 10.9. The third kappa shape index (κ3) is 5.75. The van der Waals surface area contributed by atoms with Crippen LogP contribution in [0.4, 0.5) is 0 Å². The van der Waals surface area contributed by atoms with Gasteiger partial charge in [0.25, 0.3) is 0 Å². The van der Waals surface area contributed by atoms with Crippen LogP contribution in [0.25, 0.3) is 0 Å². The number of benzene rings is 2. The molecule has 0 aliphatic carbocycles. The number of aliphatic hydroxyl groups is 1. The first kappa shape index (κ1) is 23.1. The minimum atomic E-state index is -3.89. The molecule has 0 bridgehead atoms. The summed E-state index contributed by atoms with van der Waals surface area (Å²) in [6.45, 7) is 3.26. The molecule has 1 heterocycles. The van der Waals surface area contributed by atoms with E-state index in [0.29, 0.717) is 23.7 Å². The van der Waals surface area contributed by atoms with Gasteiger partial charge >= 0.3 is 5.97 Å². The molecule has 0 radical (unpaired) electrons. The highest BCUT2D eigenvalue weighted by Crippen LogP contribution is 2.43. The summed E-state index contributed by atoms with van der Waals surface area (Å²) in [5.41, 5.74) is 0.520. The first-order valence-corrected chi connectivity index (χ1v) is 11.5. The van der Waals surface area contributed by atoms with Gasteiger partial charge in [0.2, 0.25) is 10.0 Å². The third-order valence-electron chi connectivity index (χ3n) is 5.16. The minimum absolute atomic E-state index is 0.345. The number of rotatable bonds is 8. The van der Waals surface area contributed by atoms with Gasteiger partial charge < -0.3 is 19.3 Å². The predicted molar refractivity (Wildman–Crippen MR) is 114 cm³/mol. The van der Waals surface area contributed by atoms with Gasteiger partial charge in [0.15, 0.2) is 0 Å². The maximum absolute atomic E-state index is 12.6. The topological polar surface area (TPSA) is 111 Å². The average Bonchev–Trinajstić information content (AvgIpc) is 2.74. The molecule has 9 heteroatoms. The second kappa shape index (κ2) is 9.25. The predicted octanol–water partition coefficient (Wildman–Crippen LogP) is 1.97. The molecule has 0 spiro atoms. The molecule has 2 aromatic rings. The molecule has 2 N–H and O–H groups in total. The van der Waals surface area contributed by atoms with Crippen molar-refractivity contribution in [2.45, 2.75) is 38.1 Å². The van der Waals surface area contributed by atoms with Crippen molar-refractivity contribution in [3.05, 3.63) is 59.7 Å². The fraction of sp³-hybridized carbons (Fsp3) is 0.409. The molecular weight excluding hydrogens is 422 g/mol. The molecule has 0 amide bonds. The summed E-state index contributed by atoms with van der Waals surface area (Å²) in [7, 11) is -2.71. The monoisotopic (exact) mass is 449 g/mol. The lowest BCUT2D eigenvalue weighted by molar-refractivity contribution is -0.139. The van der Waals surface area contributed by atoms with Crippen LogP contribution in [0, 0.1) is 0 Å². The number of hydrogen-bond donors (Lipinski definition) is 2. The number of sulfonamides is 1. The van der Waals surface area contributed by atoms with E-state index in [-0.39, 0.29) is 0 Å². The molecule has 2 atom stereocenters. The Balaban J connectivity index is 1.84. The molecule has 0 saturated heterocycles. The smallest absolute Gasteiger partial charge is 0.320 e. The van der Waals surface area contributed by atoms with Gasteiger partial charge in [-0.25, -0.2) is 13.1 Å². The fourth-order valence-corrected chi connectivity index (χ4v) is 4.75. The second-order valence-corrected chi connectivity index (χ2v) is 9.76. The Kier molecular flexibility index (Phi) is 6.88. The number of carbonyl (C=O) groups excluding carboxylic acids is 1. The van der Waals surface area contributed by atoms with Crippen LogP contribution in [0.1, 0.15) is 30.9 Å². The summed E-state index contributed by atoms with van der Waals surface area (Å²) >= 11 is 0. The number of carbonyl (C=O) groups is 1. The van der Waals surface area contributed by atoms with E-state index in [2.05, 4.69) is 9.46 Å². The Labute approximate surface area is 182 Å². The minimum Gasteiger partial charge on any atom is -0.489 e. The van der Waals surface area contributed by atoms with Gasteiger partial charge in [-0.3, -0.25) is 4.79 Å². The van der Waals surface area contributed by atoms with Crippen molar-refractivity contribution < 1.29 is 32.5 Å². The normalized spacial score (nSPS) is 19.7. The highest BCUT2D eigenvalue weighted by atomic mass is 32.2. The number of ether oxygens (including phenoxy) is 3. The van der Waals surface area contributed by atoms with Gasteiger partial charge in [0.05, 0.1) is 12.9 Å². The largest absolute Gasteiger partial charge is 0.489 e. The summed E-state index contributed by atoms with van der Waals surface area (Å²) in [5.74, 6) is -0.895.